The number of benzene rings is 3. The lowest BCUT2D eigenvalue weighted by atomic mass is 9.80. The van der Waals surface area contributed by atoms with Crippen LogP contribution in [0.15, 0.2) is 60.7 Å². The smallest absolute Gasteiger partial charge is 0.253 e. The highest BCUT2D eigenvalue weighted by Crippen LogP contribution is 2.32. The Morgan fingerprint density at radius 2 is 1.63 bits per heavy atom. The zero-order chi connectivity index (χ0) is 24.4. The molecule has 1 N–H and O–H groups in total. The van der Waals surface area contributed by atoms with Gasteiger partial charge in [-0.15, -0.1) is 0 Å². The van der Waals surface area contributed by atoms with Crippen LogP contribution in [0.3, 0.4) is 0 Å². The van der Waals surface area contributed by atoms with Crippen LogP contribution in [0.1, 0.15) is 35.2 Å². The predicted octanol–water partition coefficient (Wildman–Crippen LogP) is 5.92. The molecule has 2 aliphatic rings. The van der Waals surface area contributed by atoms with Crippen LogP contribution in [-0.4, -0.2) is 59.6 Å². The van der Waals surface area contributed by atoms with Gasteiger partial charge in [-0.25, -0.2) is 0 Å². The number of fused-ring (bicyclic) bond motifs is 1. The summed E-state index contributed by atoms with van der Waals surface area (Å²) in [6.07, 6.45) is 3.93. The highest BCUT2D eigenvalue weighted by Gasteiger charge is 2.34. The van der Waals surface area contributed by atoms with E-state index in [4.69, 9.17) is 23.2 Å². The second-order valence-electron chi connectivity index (χ2n) is 10.0. The fraction of sp³-hybridized carbons (Fsp3) is 0.414. The Labute approximate surface area is 217 Å². The molecule has 2 aliphatic heterocycles. The number of carbonyl (C=O) groups excluding carboxylic acids is 1. The molecule has 5 rings (SSSR count). The van der Waals surface area contributed by atoms with Crippen LogP contribution >= 0.6 is 23.2 Å². The molecule has 4 nitrogen and oxygen atoms in total. The third-order valence-corrected chi connectivity index (χ3v) is 8.64. The molecule has 35 heavy (non-hydrogen) atoms. The molecule has 3 aromatic rings. The van der Waals surface area contributed by atoms with Crippen molar-refractivity contribution in [2.75, 3.05) is 32.8 Å². The normalized spacial score (nSPS) is 22.0. The SMILES string of the molecule is O=C(c1ccc2ccccc2c1)N1CCC(N2CC[C@H](Cc3ccc(Cl)c(Cl)c3)[C@H](CO)C2)CC1. The average Bonchev–Trinajstić information content (AvgIpc) is 2.90. The number of piperidine rings is 2. The van der Waals surface area contributed by atoms with Gasteiger partial charge in [0.25, 0.3) is 5.91 Å². The molecule has 2 heterocycles. The van der Waals surface area contributed by atoms with Crippen LogP contribution in [0.25, 0.3) is 10.8 Å². The molecule has 0 aliphatic carbocycles. The number of halogens is 2. The van der Waals surface area contributed by atoms with E-state index < -0.39 is 0 Å². The summed E-state index contributed by atoms with van der Waals surface area (Å²) in [5.41, 5.74) is 1.95. The van der Waals surface area contributed by atoms with E-state index in [9.17, 15) is 9.90 Å². The van der Waals surface area contributed by atoms with Crippen LogP contribution in [0.2, 0.25) is 10.0 Å². The molecule has 184 valence electrons. The third-order valence-electron chi connectivity index (χ3n) is 7.90. The van der Waals surface area contributed by atoms with Gasteiger partial charge in [0.05, 0.1) is 10.0 Å². The quantitative estimate of drug-likeness (QED) is 0.462. The topological polar surface area (TPSA) is 43.8 Å². The van der Waals surface area contributed by atoms with E-state index in [1.54, 1.807) is 0 Å². The van der Waals surface area contributed by atoms with Crippen LogP contribution in [0, 0.1) is 11.8 Å². The molecule has 0 aromatic heterocycles. The van der Waals surface area contributed by atoms with Gasteiger partial charge in [0.1, 0.15) is 0 Å². The van der Waals surface area contributed by atoms with Crippen molar-refractivity contribution in [1.29, 1.82) is 0 Å². The summed E-state index contributed by atoms with van der Waals surface area (Å²) in [7, 11) is 0. The summed E-state index contributed by atoms with van der Waals surface area (Å²) in [5.74, 6) is 0.807. The van der Waals surface area contributed by atoms with Gasteiger partial charge < -0.3 is 10.0 Å². The second-order valence-corrected chi connectivity index (χ2v) is 10.8. The Morgan fingerprint density at radius 3 is 2.37 bits per heavy atom. The van der Waals surface area contributed by atoms with Crippen LogP contribution in [-0.2, 0) is 6.42 Å². The monoisotopic (exact) mass is 510 g/mol. The molecular weight excluding hydrogens is 479 g/mol. The molecule has 3 aromatic carbocycles. The van der Waals surface area contributed by atoms with Crippen molar-refractivity contribution < 1.29 is 9.90 Å². The van der Waals surface area contributed by atoms with Gasteiger partial charge in [0.15, 0.2) is 0 Å². The summed E-state index contributed by atoms with van der Waals surface area (Å²) in [4.78, 5) is 17.7. The Hall–Kier alpha value is -2.11. The van der Waals surface area contributed by atoms with Gasteiger partial charge in [0, 0.05) is 37.8 Å². The molecule has 2 fully saturated rings. The van der Waals surface area contributed by atoms with E-state index in [0.717, 1.165) is 68.2 Å². The maximum atomic E-state index is 13.1. The molecule has 0 radical (unpaired) electrons. The fourth-order valence-electron chi connectivity index (χ4n) is 5.82. The molecule has 0 unspecified atom stereocenters. The van der Waals surface area contributed by atoms with Gasteiger partial charge in [-0.1, -0.05) is 59.6 Å². The number of likely N-dealkylation sites (tertiary alicyclic amines) is 2. The summed E-state index contributed by atoms with van der Waals surface area (Å²) >= 11 is 12.3. The second kappa shape index (κ2) is 10.9. The lowest BCUT2D eigenvalue weighted by Crippen LogP contribution is -2.52. The Morgan fingerprint density at radius 1 is 0.857 bits per heavy atom. The maximum Gasteiger partial charge on any atom is 0.253 e. The molecule has 2 saturated heterocycles. The summed E-state index contributed by atoms with van der Waals surface area (Å²) in [5, 5.41) is 13.6. The first-order valence-electron chi connectivity index (χ1n) is 12.6. The van der Waals surface area contributed by atoms with Gasteiger partial charge in [0.2, 0.25) is 0 Å². The van der Waals surface area contributed by atoms with Crippen molar-refractivity contribution >= 4 is 39.9 Å². The molecular formula is C29H32Cl2N2O2. The van der Waals surface area contributed by atoms with Gasteiger partial charge in [-0.2, -0.15) is 0 Å². The van der Waals surface area contributed by atoms with Crippen LogP contribution < -0.4 is 0 Å². The number of hydrogen-bond donors (Lipinski definition) is 1. The summed E-state index contributed by atoms with van der Waals surface area (Å²) < 4.78 is 0. The van der Waals surface area contributed by atoms with Crippen molar-refractivity contribution in [2.24, 2.45) is 11.8 Å². The van der Waals surface area contributed by atoms with Crippen LogP contribution in [0.4, 0.5) is 0 Å². The number of rotatable bonds is 5. The molecule has 0 saturated carbocycles. The Kier molecular flexibility index (Phi) is 7.64. The van der Waals surface area contributed by atoms with Gasteiger partial charge in [-0.05, 0) is 84.7 Å². The molecule has 6 heteroatoms. The fourth-order valence-corrected chi connectivity index (χ4v) is 6.15. The van der Waals surface area contributed by atoms with Crippen molar-refractivity contribution in [3.05, 3.63) is 81.8 Å². The minimum absolute atomic E-state index is 0.128. The Balaban J connectivity index is 1.16. The number of aliphatic hydroxyl groups is 1. The Bertz CT molecular complexity index is 1190. The third kappa shape index (κ3) is 5.51. The first-order valence-corrected chi connectivity index (χ1v) is 13.3. The average molecular weight is 511 g/mol. The van der Waals surface area contributed by atoms with Gasteiger partial charge >= 0.3 is 0 Å². The summed E-state index contributed by atoms with van der Waals surface area (Å²) in [6.45, 7) is 3.70. The van der Waals surface area contributed by atoms with Crippen molar-refractivity contribution in [3.8, 4) is 0 Å². The number of hydrogen-bond acceptors (Lipinski definition) is 3. The standard InChI is InChI=1S/C29H32Cl2N2O2/c30-27-8-5-20(16-28(27)31)15-23-9-12-33(18-25(23)19-34)26-10-13-32(14-11-26)29(35)24-7-6-21-3-1-2-4-22(21)17-24/h1-8,16-17,23,25-26,34H,9-15,18-19H2/t23-,25+/m1/s1. The number of nitrogens with zero attached hydrogens (tertiary/aromatic N) is 2. The molecule has 0 bridgehead atoms. The highest BCUT2D eigenvalue weighted by molar-refractivity contribution is 6.42. The number of aliphatic hydroxyl groups excluding tert-OH is 1. The number of amides is 1. The highest BCUT2D eigenvalue weighted by atomic mass is 35.5. The minimum atomic E-state index is 0.128. The molecule has 1 amide bonds. The maximum absolute atomic E-state index is 13.1. The van der Waals surface area contributed by atoms with E-state index in [2.05, 4.69) is 17.0 Å². The van der Waals surface area contributed by atoms with Crippen LogP contribution in [0.5, 0.6) is 0 Å². The van der Waals surface area contributed by atoms with E-state index in [1.807, 2.05) is 53.4 Å². The van der Waals surface area contributed by atoms with E-state index >= 15 is 0 Å². The summed E-state index contributed by atoms with van der Waals surface area (Å²) in [6, 6.07) is 20.5. The first-order chi connectivity index (χ1) is 17.0. The zero-order valence-corrected chi connectivity index (χ0v) is 21.4. The van der Waals surface area contributed by atoms with E-state index in [-0.39, 0.29) is 18.4 Å². The largest absolute Gasteiger partial charge is 0.396 e. The zero-order valence-electron chi connectivity index (χ0n) is 19.9. The van der Waals surface area contributed by atoms with E-state index in [1.165, 1.54) is 5.56 Å². The lowest BCUT2D eigenvalue weighted by Gasteiger charge is -2.44. The lowest BCUT2D eigenvalue weighted by molar-refractivity contribution is 0.0242. The van der Waals surface area contributed by atoms with Crippen molar-refractivity contribution in [1.82, 2.24) is 9.80 Å². The molecule has 0 spiro atoms. The first kappa shape index (κ1) is 24.6. The van der Waals surface area contributed by atoms with Crippen molar-refractivity contribution in [3.63, 3.8) is 0 Å². The minimum Gasteiger partial charge on any atom is -0.396 e. The number of carbonyl (C=O) groups is 1. The van der Waals surface area contributed by atoms with Gasteiger partial charge in [-0.3, -0.25) is 9.69 Å². The predicted molar refractivity (Wildman–Crippen MR) is 143 cm³/mol. The molecule has 2 atom stereocenters. The van der Waals surface area contributed by atoms with Crippen molar-refractivity contribution in [2.45, 2.75) is 31.7 Å². The van der Waals surface area contributed by atoms with E-state index in [0.29, 0.717) is 22.0 Å².